The molecule has 0 saturated heterocycles. The molecule has 0 spiro atoms. The van der Waals surface area contributed by atoms with E-state index in [1.165, 1.54) is 6.92 Å². The SMILES string of the molecule is CCCCCN(S(=O)(=O)F)S(=O)(=O)C(F)(F)C(F)(F)C(F)(F)F. The molecule has 0 aromatic rings. The van der Waals surface area contributed by atoms with Crippen molar-refractivity contribution in [3.05, 3.63) is 0 Å². The first kappa shape index (κ1) is 22.3. The van der Waals surface area contributed by atoms with E-state index in [0.29, 0.717) is 0 Å². The van der Waals surface area contributed by atoms with Gasteiger partial charge in [-0.3, -0.25) is 0 Å². The zero-order valence-corrected chi connectivity index (χ0v) is 12.9. The van der Waals surface area contributed by atoms with Crippen LogP contribution in [0.3, 0.4) is 0 Å². The Bertz CT molecular complexity index is 612. The van der Waals surface area contributed by atoms with Crippen molar-refractivity contribution in [1.82, 2.24) is 3.71 Å². The van der Waals surface area contributed by atoms with Gasteiger partial charge in [0.05, 0.1) is 0 Å². The Kier molecular flexibility index (Phi) is 6.46. The summed E-state index contributed by atoms with van der Waals surface area (Å²) < 4.78 is 143. The fourth-order valence-corrected chi connectivity index (χ4v) is 3.92. The lowest BCUT2D eigenvalue weighted by Crippen LogP contribution is -2.60. The molecular weight excluding hydrogens is 390 g/mol. The lowest BCUT2D eigenvalue weighted by Gasteiger charge is -2.30. The molecule has 0 aromatic heterocycles. The molecular formula is C8H11F8NO4S2. The van der Waals surface area contributed by atoms with E-state index in [1.54, 1.807) is 0 Å². The molecule has 0 rings (SSSR count). The topological polar surface area (TPSA) is 71.5 Å². The average molecular weight is 401 g/mol. The van der Waals surface area contributed by atoms with Crippen LogP contribution in [-0.4, -0.2) is 44.4 Å². The summed E-state index contributed by atoms with van der Waals surface area (Å²) in [7, 11) is -13.7. The molecule has 0 aliphatic heterocycles. The lowest BCUT2D eigenvalue weighted by atomic mass is 10.3. The van der Waals surface area contributed by atoms with Gasteiger partial charge in [0.2, 0.25) is 0 Å². The van der Waals surface area contributed by atoms with Crippen molar-refractivity contribution in [2.75, 3.05) is 6.54 Å². The van der Waals surface area contributed by atoms with E-state index in [4.69, 9.17) is 0 Å². The van der Waals surface area contributed by atoms with Crippen LogP contribution in [0.2, 0.25) is 0 Å². The molecule has 0 saturated carbocycles. The van der Waals surface area contributed by atoms with Crippen LogP contribution < -0.4 is 0 Å². The van der Waals surface area contributed by atoms with Crippen molar-refractivity contribution in [2.24, 2.45) is 0 Å². The molecule has 0 radical (unpaired) electrons. The van der Waals surface area contributed by atoms with Crippen molar-refractivity contribution in [2.45, 2.75) is 43.5 Å². The summed E-state index contributed by atoms with van der Waals surface area (Å²) in [6.07, 6.45) is -7.34. The van der Waals surface area contributed by atoms with E-state index in [0.717, 1.165) is 0 Å². The second-order valence-corrected chi connectivity index (χ2v) is 7.64. The minimum absolute atomic E-state index is 0.0250. The highest BCUT2D eigenvalue weighted by Gasteiger charge is 2.80. The van der Waals surface area contributed by atoms with Gasteiger partial charge in [-0.1, -0.05) is 27.4 Å². The predicted molar refractivity (Wildman–Crippen MR) is 61.1 cm³/mol. The molecule has 0 fully saturated rings. The third-order valence-electron chi connectivity index (χ3n) is 2.50. The molecule has 0 aromatic carbocycles. The van der Waals surface area contributed by atoms with Crippen LogP contribution in [-0.2, 0) is 20.4 Å². The largest absolute Gasteiger partial charge is 0.461 e. The molecule has 140 valence electrons. The van der Waals surface area contributed by atoms with E-state index in [2.05, 4.69) is 0 Å². The molecule has 0 aliphatic rings. The van der Waals surface area contributed by atoms with Crippen LogP contribution in [0.15, 0.2) is 0 Å². The Morgan fingerprint density at radius 3 is 1.61 bits per heavy atom. The molecule has 0 unspecified atom stereocenters. The van der Waals surface area contributed by atoms with Gasteiger partial charge in [0.25, 0.3) is 0 Å². The molecule has 0 heterocycles. The van der Waals surface area contributed by atoms with Crippen molar-refractivity contribution < 1.29 is 51.5 Å². The fraction of sp³-hybridized carbons (Fsp3) is 1.00. The zero-order valence-electron chi connectivity index (χ0n) is 11.2. The summed E-state index contributed by atoms with van der Waals surface area (Å²) in [6.45, 7) is -0.0618. The summed E-state index contributed by atoms with van der Waals surface area (Å²) in [5, 5.41) is -6.93. The van der Waals surface area contributed by atoms with Crippen LogP contribution in [0.4, 0.5) is 34.6 Å². The van der Waals surface area contributed by atoms with Crippen LogP contribution in [0.5, 0.6) is 0 Å². The minimum Gasteiger partial charge on any atom is -0.204 e. The monoisotopic (exact) mass is 401 g/mol. The van der Waals surface area contributed by atoms with E-state index >= 15 is 0 Å². The van der Waals surface area contributed by atoms with Gasteiger partial charge in [-0.15, -0.1) is 0 Å². The van der Waals surface area contributed by atoms with Gasteiger partial charge < -0.3 is 0 Å². The maximum absolute atomic E-state index is 13.2. The summed E-state index contributed by atoms with van der Waals surface area (Å²) in [6, 6.07) is 0. The van der Waals surface area contributed by atoms with E-state index < -0.39 is 54.5 Å². The first-order chi connectivity index (χ1) is 9.94. The highest BCUT2D eigenvalue weighted by atomic mass is 32.3. The van der Waals surface area contributed by atoms with Gasteiger partial charge in [0.1, 0.15) is 0 Å². The highest BCUT2D eigenvalue weighted by Crippen LogP contribution is 2.50. The van der Waals surface area contributed by atoms with E-state index in [9.17, 15) is 51.5 Å². The van der Waals surface area contributed by atoms with Crippen molar-refractivity contribution in [1.29, 1.82) is 0 Å². The fourth-order valence-electron chi connectivity index (χ4n) is 1.29. The van der Waals surface area contributed by atoms with Crippen molar-refractivity contribution in [3.63, 3.8) is 0 Å². The number of nitrogens with zero attached hydrogens (tertiary/aromatic N) is 1. The highest BCUT2D eigenvalue weighted by molar-refractivity contribution is 8.02. The Morgan fingerprint density at radius 2 is 1.30 bits per heavy atom. The van der Waals surface area contributed by atoms with Crippen molar-refractivity contribution >= 4 is 20.4 Å². The molecule has 0 N–H and O–H groups in total. The Morgan fingerprint density at radius 1 is 0.870 bits per heavy atom. The number of rotatable bonds is 8. The standard InChI is InChI=1S/C8H11F8NO4S2/c1-2-3-4-5-17(23(16,20)21)22(18,19)8(14,15)6(9,10)7(11,12)13/h2-5H2,1H3. The number of halogens is 8. The molecule has 0 aliphatic carbocycles. The molecule has 0 amide bonds. The summed E-state index contributed by atoms with van der Waals surface area (Å²) in [5.74, 6) is -7.13. The third-order valence-corrected chi connectivity index (χ3v) is 5.92. The number of hydrogen-bond acceptors (Lipinski definition) is 4. The molecule has 5 nitrogen and oxygen atoms in total. The number of unbranched alkanes of at least 4 members (excludes halogenated alkanes) is 2. The quantitative estimate of drug-likeness (QED) is 0.356. The maximum atomic E-state index is 13.2. The summed E-state index contributed by atoms with van der Waals surface area (Å²) in [4.78, 5) is 0. The van der Waals surface area contributed by atoms with Crippen LogP contribution in [0.25, 0.3) is 0 Å². The zero-order chi connectivity index (χ0) is 18.9. The normalized spacial score (nSPS) is 15.2. The lowest BCUT2D eigenvalue weighted by molar-refractivity contribution is -0.332. The third kappa shape index (κ3) is 4.23. The van der Waals surface area contributed by atoms with Gasteiger partial charge in [-0.2, -0.15) is 39.2 Å². The number of alkyl halides is 7. The number of hydrogen-bond donors (Lipinski definition) is 0. The van der Waals surface area contributed by atoms with Crippen LogP contribution >= 0.6 is 0 Å². The van der Waals surface area contributed by atoms with Gasteiger partial charge >= 0.3 is 37.8 Å². The van der Waals surface area contributed by atoms with Crippen LogP contribution in [0, 0.1) is 0 Å². The average Bonchev–Trinajstić information content (AvgIpc) is 2.30. The minimum atomic E-state index is -7.21. The second-order valence-electron chi connectivity index (χ2n) is 4.24. The Labute approximate surface area is 126 Å². The molecule has 15 heteroatoms. The van der Waals surface area contributed by atoms with Gasteiger partial charge in [-0.25, -0.2) is 8.42 Å². The van der Waals surface area contributed by atoms with Gasteiger partial charge in [0.15, 0.2) is 0 Å². The predicted octanol–water partition coefficient (Wildman–Crippen LogP) is 2.81. The maximum Gasteiger partial charge on any atom is 0.461 e. The first-order valence-electron chi connectivity index (χ1n) is 5.74. The van der Waals surface area contributed by atoms with E-state index in [1.807, 2.05) is 0 Å². The summed E-state index contributed by atoms with van der Waals surface area (Å²) in [5.41, 5.74) is 0. The second kappa shape index (κ2) is 6.66. The van der Waals surface area contributed by atoms with Gasteiger partial charge in [-0.05, 0) is 6.42 Å². The van der Waals surface area contributed by atoms with Crippen molar-refractivity contribution in [3.8, 4) is 0 Å². The van der Waals surface area contributed by atoms with Gasteiger partial charge in [0, 0.05) is 6.54 Å². The number of sulfonamides is 1. The summed E-state index contributed by atoms with van der Waals surface area (Å²) >= 11 is 0. The Hall–Kier alpha value is -0.700. The molecule has 0 atom stereocenters. The molecule has 0 bridgehead atoms. The van der Waals surface area contributed by atoms with Crippen LogP contribution in [0.1, 0.15) is 26.2 Å². The Balaban J connectivity index is 6.07. The molecule has 23 heavy (non-hydrogen) atoms. The van der Waals surface area contributed by atoms with E-state index in [-0.39, 0.29) is 12.8 Å². The first-order valence-corrected chi connectivity index (χ1v) is 8.52. The smallest absolute Gasteiger partial charge is 0.204 e.